The molecule has 0 spiro atoms. The van der Waals surface area contributed by atoms with E-state index in [1.807, 2.05) is 18.2 Å². The van der Waals surface area contributed by atoms with E-state index in [9.17, 15) is 19.7 Å². The second-order valence-corrected chi connectivity index (χ2v) is 7.15. The van der Waals surface area contributed by atoms with E-state index in [1.54, 1.807) is 31.2 Å². The molecule has 0 amide bonds. The van der Waals surface area contributed by atoms with Crippen molar-refractivity contribution >= 4 is 23.1 Å². The monoisotopic (exact) mass is 415 g/mol. The molecule has 0 saturated carbocycles. The zero-order valence-electron chi connectivity index (χ0n) is 16.5. The lowest BCUT2D eigenvalue weighted by Crippen LogP contribution is -2.29. The van der Waals surface area contributed by atoms with Gasteiger partial charge in [0.25, 0.3) is 5.69 Å². The fourth-order valence-electron chi connectivity index (χ4n) is 3.99. The molecule has 4 rings (SSSR count). The van der Waals surface area contributed by atoms with Crippen molar-refractivity contribution in [3.8, 4) is 6.07 Å². The smallest absolute Gasteiger partial charge is 0.336 e. The average Bonchev–Trinajstić information content (AvgIpc) is 3.05. The minimum Gasteiger partial charge on any atom is -0.461 e. The highest BCUT2D eigenvalue weighted by molar-refractivity contribution is 6.23. The van der Waals surface area contributed by atoms with Gasteiger partial charge in [-0.2, -0.15) is 5.26 Å². The summed E-state index contributed by atoms with van der Waals surface area (Å²) in [5.41, 5.74) is 3.52. The van der Waals surface area contributed by atoms with Crippen LogP contribution in [0.3, 0.4) is 0 Å². The van der Waals surface area contributed by atoms with Crippen molar-refractivity contribution in [1.82, 2.24) is 5.32 Å². The van der Waals surface area contributed by atoms with Gasteiger partial charge in [0, 0.05) is 40.4 Å². The first-order valence-electron chi connectivity index (χ1n) is 9.58. The maximum atomic E-state index is 13.3. The number of dihydropyridines is 1. The van der Waals surface area contributed by atoms with Gasteiger partial charge in [-0.15, -0.1) is 0 Å². The SMILES string of the molecule is CC1=C(C(=O)OCCC#N)[C@H](c2ccc([N+](=O)[O-])cc2)C2=C(N1)c1ccccc1C2=O. The number of non-ortho nitro benzene ring substituents is 1. The number of hydrogen-bond donors (Lipinski definition) is 1. The Balaban J connectivity index is 1.84. The van der Waals surface area contributed by atoms with Crippen LogP contribution in [0.2, 0.25) is 0 Å². The third-order valence-corrected chi connectivity index (χ3v) is 5.35. The number of carbonyl (C=O) groups is 2. The van der Waals surface area contributed by atoms with Gasteiger partial charge in [0.1, 0.15) is 6.61 Å². The van der Waals surface area contributed by atoms with Crippen LogP contribution in [0, 0.1) is 21.4 Å². The molecule has 0 radical (unpaired) electrons. The Morgan fingerprint density at radius 1 is 1.19 bits per heavy atom. The molecule has 2 aromatic carbocycles. The van der Waals surface area contributed by atoms with Crippen molar-refractivity contribution in [1.29, 1.82) is 5.26 Å². The number of Topliss-reactive ketones (excluding diaryl/α,β-unsaturated/α-hetero) is 1. The molecule has 8 nitrogen and oxygen atoms in total. The molecular formula is C23H17N3O5. The topological polar surface area (TPSA) is 122 Å². The van der Waals surface area contributed by atoms with Gasteiger partial charge >= 0.3 is 5.97 Å². The largest absolute Gasteiger partial charge is 0.461 e. The fraction of sp³-hybridized carbons (Fsp3) is 0.174. The van der Waals surface area contributed by atoms with Crippen LogP contribution in [0.15, 0.2) is 65.4 Å². The number of allylic oxidation sites excluding steroid dienone is 2. The fourth-order valence-corrected chi connectivity index (χ4v) is 3.99. The molecule has 0 bridgehead atoms. The summed E-state index contributed by atoms with van der Waals surface area (Å²) >= 11 is 0. The number of nitro groups is 1. The van der Waals surface area contributed by atoms with Crippen LogP contribution in [-0.4, -0.2) is 23.3 Å². The van der Waals surface area contributed by atoms with Crippen molar-refractivity contribution in [3.05, 3.63) is 92.2 Å². The number of hydrogen-bond acceptors (Lipinski definition) is 7. The first kappa shape index (κ1) is 20.0. The molecule has 1 atom stereocenters. The van der Waals surface area contributed by atoms with Crippen molar-refractivity contribution in [2.45, 2.75) is 19.3 Å². The van der Waals surface area contributed by atoms with Crippen LogP contribution in [0.5, 0.6) is 0 Å². The molecule has 1 aliphatic carbocycles. The number of nitrogens with zero attached hydrogens (tertiary/aromatic N) is 2. The predicted octanol–water partition coefficient (Wildman–Crippen LogP) is 3.62. The van der Waals surface area contributed by atoms with Gasteiger partial charge < -0.3 is 10.1 Å². The quantitative estimate of drug-likeness (QED) is 0.342. The Morgan fingerprint density at radius 2 is 1.87 bits per heavy atom. The van der Waals surface area contributed by atoms with Crippen LogP contribution < -0.4 is 5.32 Å². The van der Waals surface area contributed by atoms with Crippen LogP contribution in [0.25, 0.3) is 5.70 Å². The lowest BCUT2D eigenvalue weighted by atomic mass is 9.80. The number of nitriles is 1. The number of esters is 1. The summed E-state index contributed by atoms with van der Waals surface area (Å²) in [5, 5.41) is 23.0. The highest BCUT2D eigenvalue weighted by Gasteiger charge is 2.42. The van der Waals surface area contributed by atoms with Crippen LogP contribution >= 0.6 is 0 Å². The lowest BCUT2D eigenvalue weighted by molar-refractivity contribution is -0.384. The summed E-state index contributed by atoms with van der Waals surface area (Å²) in [4.78, 5) is 36.8. The molecular weight excluding hydrogens is 398 g/mol. The minimum absolute atomic E-state index is 0.0476. The van der Waals surface area contributed by atoms with Gasteiger partial charge in [0.05, 0.1) is 28.7 Å². The van der Waals surface area contributed by atoms with E-state index in [2.05, 4.69) is 5.32 Å². The summed E-state index contributed by atoms with van der Waals surface area (Å²) in [6.07, 6.45) is 0.0476. The highest BCUT2D eigenvalue weighted by Crippen LogP contribution is 2.46. The first-order chi connectivity index (χ1) is 14.9. The molecule has 1 N–H and O–H groups in total. The van der Waals surface area contributed by atoms with E-state index in [4.69, 9.17) is 10.00 Å². The Morgan fingerprint density at radius 3 is 2.52 bits per heavy atom. The zero-order valence-corrected chi connectivity index (χ0v) is 16.5. The summed E-state index contributed by atoms with van der Waals surface area (Å²) in [5.74, 6) is -1.61. The van der Waals surface area contributed by atoms with E-state index in [0.717, 1.165) is 5.56 Å². The number of nitrogens with one attached hydrogen (secondary N) is 1. The van der Waals surface area contributed by atoms with Crippen molar-refractivity contribution in [2.75, 3.05) is 6.61 Å². The van der Waals surface area contributed by atoms with Gasteiger partial charge in [-0.3, -0.25) is 14.9 Å². The first-order valence-corrected chi connectivity index (χ1v) is 9.58. The average molecular weight is 415 g/mol. The zero-order chi connectivity index (χ0) is 22.1. The van der Waals surface area contributed by atoms with Gasteiger partial charge in [0.15, 0.2) is 5.78 Å². The number of fused-ring (bicyclic) bond motifs is 2. The van der Waals surface area contributed by atoms with Gasteiger partial charge in [-0.1, -0.05) is 36.4 Å². The number of nitro benzene ring substituents is 1. The van der Waals surface area contributed by atoms with Crippen molar-refractivity contribution in [2.24, 2.45) is 0 Å². The number of ether oxygens (including phenoxy) is 1. The molecule has 2 aliphatic rings. The normalized spacial score (nSPS) is 16.9. The molecule has 0 aromatic heterocycles. The standard InChI is InChI=1S/C23H17N3O5/c1-13-18(23(28)31-12-4-11-24)19(14-7-9-15(10-8-14)26(29)30)20-21(25-13)16-5-2-3-6-17(16)22(20)27/h2-3,5-10,19,25H,4,12H2,1H3/t19-/m0/s1. The molecule has 1 aliphatic heterocycles. The van der Waals surface area contributed by atoms with E-state index >= 15 is 0 Å². The van der Waals surface area contributed by atoms with Crippen LogP contribution in [0.4, 0.5) is 5.69 Å². The second kappa shape index (κ2) is 7.88. The number of carbonyl (C=O) groups excluding carboxylic acids is 2. The molecule has 1 heterocycles. The number of ketones is 1. The maximum absolute atomic E-state index is 13.3. The molecule has 0 saturated heterocycles. The second-order valence-electron chi connectivity index (χ2n) is 7.15. The third-order valence-electron chi connectivity index (χ3n) is 5.35. The third kappa shape index (κ3) is 3.36. The Hall–Kier alpha value is -4.25. The van der Waals surface area contributed by atoms with Crippen LogP contribution in [0.1, 0.15) is 40.7 Å². The Bertz CT molecular complexity index is 1220. The van der Waals surface area contributed by atoms with Crippen LogP contribution in [-0.2, 0) is 9.53 Å². The molecule has 0 unspecified atom stereocenters. The summed E-state index contributed by atoms with van der Waals surface area (Å²) in [6, 6.07) is 14.9. The molecule has 2 aromatic rings. The van der Waals surface area contributed by atoms with E-state index in [1.165, 1.54) is 12.1 Å². The minimum atomic E-state index is -0.758. The Kier molecular flexibility index (Phi) is 5.09. The Labute approximate surface area is 177 Å². The number of rotatable bonds is 5. The van der Waals surface area contributed by atoms with Crippen molar-refractivity contribution < 1.29 is 19.2 Å². The molecule has 31 heavy (non-hydrogen) atoms. The lowest BCUT2D eigenvalue weighted by Gasteiger charge is -2.29. The summed E-state index contributed by atoms with van der Waals surface area (Å²) < 4.78 is 5.27. The summed E-state index contributed by atoms with van der Waals surface area (Å²) in [6.45, 7) is 1.65. The van der Waals surface area contributed by atoms with E-state index < -0.39 is 16.8 Å². The maximum Gasteiger partial charge on any atom is 0.336 e. The summed E-state index contributed by atoms with van der Waals surface area (Å²) in [7, 11) is 0. The van der Waals surface area contributed by atoms with Gasteiger partial charge in [-0.05, 0) is 12.5 Å². The van der Waals surface area contributed by atoms with E-state index in [-0.39, 0.29) is 30.1 Å². The molecule has 0 fully saturated rings. The van der Waals surface area contributed by atoms with E-state index in [0.29, 0.717) is 28.1 Å². The number of benzene rings is 2. The van der Waals surface area contributed by atoms with Gasteiger partial charge in [0.2, 0.25) is 0 Å². The predicted molar refractivity (Wildman–Crippen MR) is 111 cm³/mol. The van der Waals surface area contributed by atoms with Crippen molar-refractivity contribution in [3.63, 3.8) is 0 Å². The van der Waals surface area contributed by atoms with Gasteiger partial charge in [-0.25, -0.2) is 4.79 Å². The molecule has 154 valence electrons. The molecule has 8 heteroatoms. The highest BCUT2D eigenvalue weighted by atomic mass is 16.6.